The summed E-state index contributed by atoms with van der Waals surface area (Å²) >= 11 is 0. The van der Waals surface area contributed by atoms with Gasteiger partial charge in [-0.25, -0.2) is 4.79 Å². The van der Waals surface area contributed by atoms with Crippen LogP contribution in [-0.4, -0.2) is 17.2 Å². The summed E-state index contributed by atoms with van der Waals surface area (Å²) in [6.45, 7) is 5.49. The fourth-order valence-electron chi connectivity index (χ4n) is 1.20. The van der Waals surface area contributed by atoms with Crippen LogP contribution in [0.1, 0.15) is 18.9 Å². The van der Waals surface area contributed by atoms with Gasteiger partial charge in [-0.3, -0.25) is 0 Å². The van der Waals surface area contributed by atoms with Crippen LogP contribution in [0.15, 0.2) is 42.5 Å². The summed E-state index contributed by atoms with van der Waals surface area (Å²) in [6.07, 6.45) is -0.359. The van der Waals surface area contributed by atoms with E-state index < -0.39 is 12.1 Å². The van der Waals surface area contributed by atoms with Crippen LogP contribution in [0.3, 0.4) is 0 Å². The van der Waals surface area contributed by atoms with Gasteiger partial charge in [-0.05, 0) is 12.0 Å². The molecule has 0 aromatic heterocycles. The minimum Gasteiger partial charge on any atom is -0.457 e. The van der Waals surface area contributed by atoms with Gasteiger partial charge >= 0.3 is 5.97 Å². The average Bonchev–Trinajstić information content (AvgIpc) is 2.35. The monoisotopic (exact) mass is 220 g/mol. The first kappa shape index (κ1) is 12.5. The van der Waals surface area contributed by atoms with Gasteiger partial charge in [0.05, 0.1) is 11.7 Å². The molecule has 1 N–H and O–H groups in total. The fourth-order valence-corrected chi connectivity index (χ4v) is 1.20. The van der Waals surface area contributed by atoms with E-state index in [9.17, 15) is 9.90 Å². The normalized spacial score (nSPS) is 11.9. The highest BCUT2D eigenvalue weighted by Gasteiger charge is 2.15. The van der Waals surface area contributed by atoms with E-state index in [1.807, 2.05) is 30.3 Å². The van der Waals surface area contributed by atoms with Crippen molar-refractivity contribution in [1.82, 2.24) is 0 Å². The lowest BCUT2D eigenvalue weighted by molar-refractivity contribution is -0.141. The SMILES string of the molecule is C=C(C(=O)OCc1ccccc1)C(O)CC. The smallest absolute Gasteiger partial charge is 0.336 e. The van der Waals surface area contributed by atoms with Gasteiger partial charge < -0.3 is 9.84 Å². The number of benzene rings is 1. The van der Waals surface area contributed by atoms with Crippen LogP contribution in [-0.2, 0) is 16.1 Å². The summed E-state index contributed by atoms with van der Waals surface area (Å²) < 4.78 is 5.01. The van der Waals surface area contributed by atoms with Crippen molar-refractivity contribution in [3.8, 4) is 0 Å². The maximum atomic E-state index is 11.4. The van der Waals surface area contributed by atoms with E-state index in [1.165, 1.54) is 0 Å². The quantitative estimate of drug-likeness (QED) is 0.610. The zero-order valence-electron chi connectivity index (χ0n) is 9.35. The Labute approximate surface area is 95.4 Å². The lowest BCUT2D eigenvalue weighted by atomic mass is 10.1. The number of carbonyl (C=O) groups is 1. The zero-order valence-corrected chi connectivity index (χ0v) is 9.35. The Bertz CT molecular complexity index is 357. The number of esters is 1. The van der Waals surface area contributed by atoms with Crippen molar-refractivity contribution in [3.63, 3.8) is 0 Å². The van der Waals surface area contributed by atoms with Crippen LogP contribution in [0.4, 0.5) is 0 Å². The van der Waals surface area contributed by atoms with Crippen LogP contribution in [0.5, 0.6) is 0 Å². The molecule has 1 aromatic rings. The second kappa shape index (κ2) is 6.08. The lowest BCUT2D eigenvalue weighted by Gasteiger charge is -2.10. The molecule has 3 heteroatoms. The molecule has 3 nitrogen and oxygen atoms in total. The molecule has 0 heterocycles. The van der Waals surface area contributed by atoms with Gasteiger partial charge in [-0.2, -0.15) is 0 Å². The number of hydrogen-bond acceptors (Lipinski definition) is 3. The molecule has 0 bridgehead atoms. The van der Waals surface area contributed by atoms with Crippen molar-refractivity contribution in [3.05, 3.63) is 48.0 Å². The molecule has 1 rings (SSSR count). The summed E-state index contributed by atoms with van der Waals surface area (Å²) in [4.78, 5) is 11.4. The average molecular weight is 220 g/mol. The van der Waals surface area contributed by atoms with E-state index in [0.29, 0.717) is 6.42 Å². The second-order valence-electron chi connectivity index (χ2n) is 3.51. The Hall–Kier alpha value is -1.61. The van der Waals surface area contributed by atoms with Crippen molar-refractivity contribution in [1.29, 1.82) is 0 Å². The standard InChI is InChI=1S/C13H16O3/c1-3-12(14)10(2)13(15)16-9-11-7-5-4-6-8-11/h4-8,12,14H,2-3,9H2,1H3. The molecule has 1 atom stereocenters. The highest BCUT2D eigenvalue weighted by Crippen LogP contribution is 2.08. The number of ether oxygens (including phenoxy) is 1. The number of aliphatic hydroxyl groups excluding tert-OH is 1. The van der Waals surface area contributed by atoms with Gasteiger partial charge in [0.25, 0.3) is 0 Å². The molecule has 0 fully saturated rings. The molecular formula is C13H16O3. The lowest BCUT2D eigenvalue weighted by Crippen LogP contribution is -2.18. The highest BCUT2D eigenvalue weighted by atomic mass is 16.5. The minimum absolute atomic E-state index is 0.110. The van der Waals surface area contributed by atoms with Gasteiger partial charge in [0.1, 0.15) is 6.61 Å². The molecule has 0 aliphatic carbocycles. The Kier molecular flexibility index (Phi) is 4.73. The van der Waals surface area contributed by atoms with Gasteiger partial charge in [0, 0.05) is 0 Å². The number of hydrogen-bond donors (Lipinski definition) is 1. The van der Waals surface area contributed by atoms with Crippen molar-refractivity contribution in [2.24, 2.45) is 0 Å². The summed E-state index contributed by atoms with van der Waals surface area (Å²) in [5.74, 6) is -0.543. The fraction of sp³-hybridized carbons (Fsp3) is 0.308. The predicted octanol–water partition coefficient (Wildman–Crippen LogP) is 2.06. The molecule has 0 radical (unpaired) electrons. The van der Waals surface area contributed by atoms with E-state index in [-0.39, 0.29) is 12.2 Å². The van der Waals surface area contributed by atoms with Crippen LogP contribution in [0.2, 0.25) is 0 Å². The van der Waals surface area contributed by atoms with E-state index in [1.54, 1.807) is 6.92 Å². The maximum absolute atomic E-state index is 11.4. The van der Waals surface area contributed by atoms with E-state index in [4.69, 9.17) is 4.74 Å². The van der Waals surface area contributed by atoms with Crippen LogP contribution < -0.4 is 0 Å². The Balaban J connectivity index is 2.44. The first-order chi connectivity index (χ1) is 7.65. The third-order valence-electron chi connectivity index (χ3n) is 2.26. The van der Waals surface area contributed by atoms with Crippen molar-refractivity contribution >= 4 is 5.97 Å². The molecule has 0 aliphatic rings. The first-order valence-electron chi connectivity index (χ1n) is 5.23. The van der Waals surface area contributed by atoms with E-state index in [0.717, 1.165) is 5.56 Å². The van der Waals surface area contributed by atoms with Crippen LogP contribution in [0.25, 0.3) is 0 Å². The summed E-state index contributed by atoms with van der Waals surface area (Å²) in [5, 5.41) is 9.39. The molecule has 0 spiro atoms. The molecule has 0 saturated carbocycles. The largest absolute Gasteiger partial charge is 0.457 e. The number of rotatable bonds is 5. The first-order valence-corrected chi connectivity index (χ1v) is 5.23. The molecule has 0 saturated heterocycles. The van der Waals surface area contributed by atoms with Crippen molar-refractivity contribution in [2.45, 2.75) is 26.1 Å². The van der Waals surface area contributed by atoms with Crippen molar-refractivity contribution in [2.75, 3.05) is 0 Å². The van der Waals surface area contributed by atoms with Gasteiger partial charge in [0.2, 0.25) is 0 Å². The summed E-state index contributed by atoms with van der Waals surface area (Å²) in [7, 11) is 0. The molecular weight excluding hydrogens is 204 g/mol. The zero-order chi connectivity index (χ0) is 12.0. The molecule has 86 valence electrons. The summed E-state index contributed by atoms with van der Waals surface area (Å²) in [6, 6.07) is 9.38. The molecule has 16 heavy (non-hydrogen) atoms. The van der Waals surface area contributed by atoms with Gasteiger partial charge in [-0.1, -0.05) is 43.8 Å². The Morgan fingerprint density at radius 1 is 1.44 bits per heavy atom. The van der Waals surface area contributed by atoms with Crippen LogP contribution >= 0.6 is 0 Å². The molecule has 0 aliphatic heterocycles. The van der Waals surface area contributed by atoms with Gasteiger partial charge in [0.15, 0.2) is 0 Å². The number of aliphatic hydroxyl groups is 1. The van der Waals surface area contributed by atoms with E-state index >= 15 is 0 Å². The molecule has 1 aromatic carbocycles. The maximum Gasteiger partial charge on any atom is 0.336 e. The van der Waals surface area contributed by atoms with Gasteiger partial charge in [-0.15, -0.1) is 0 Å². The van der Waals surface area contributed by atoms with Crippen molar-refractivity contribution < 1.29 is 14.6 Å². The van der Waals surface area contributed by atoms with E-state index in [2.05, 4.69) is 6.58 Å². The third-order valence-corrected chi connectivity index (χ3v) is 2.26. The predicted molar refractivity (Wildman–Crippen MR) is 61.7 cm³/mol. The summed E-state index contributed by atoms with van der Waals surface area (Å²) in [5.41, 5.74) is 1.02. The second-order valence-corrected chi connectivity index (χ2v) is 3.51. The number of carbonyl (C=O) groups excluding carboxylic acids is 1. The topological polar surface area (TPSA) is 46.5 Å². The molecule has 1 unspecified atom stereocenters. The third kappa shape index (κ3) is 3.51. The highest BCUT2D eigenvalue weighted by molar-refractivity contribution is 5.88. The minimum atomic E-state index is -0.816. The van der Waals surface area contributed by atoms with Crippen LogP contribution in [0, 0.1) is 0 Å². The Morgan fingerprint density at radius 3 is 2.62 bits per heavy atom. The molecule has 0 amide bonds. The Morgan fingerprint density at radius 2 is 2.06 bits per heavy atom.